The van der Waals surface area contributed by atoms with Crippen molar-refractivity contribution in [2.24, 2.45) is 5.16 Å². The summed E-state index contributed by atoms with van der Waals surface area (Å²) in [6.45, 7) is 0.385. The van der Waals surface area contributed by atoms with E-state index in [0.717, 1.165) is 10.0 Å². The Morgan fingerprint density at radius 2 is 2.30 bits per heavy atom. The topological polar surface area (TPSA) is 63.9 Å². The van der Waals surface area contributed by atoms with Crippen molar-refractivity contribution < 1.29 is 14.7 Å². The zero-order valence-electron chi connectivity index (χ0n) is 10.8. The third kappa shape index (κ3) is 3.48. The van der Waals surface area contributed by atoms with Crippen molar-refractivity contribution in [2.45, 2.75) is 6.61 Å². The molecule has 0 aliphatic carbocycles. The normalized spacial score (nSPS) is 10.7. The van der Waals surface area contributed by atoms with Crippen molar-refractivity contribution >= 4 is 22.1 Å². The number of rotatable bonds is 5. The van der Waals surface area contributed by atoms with Crippen LogP contribution in [-0.4, -0.2) is 23.5 Å². The van der Waals surface area contributed by atoms with Gasteiger partial charge in [-0.3, -0.25) is 4.98 Å². The molecule has 5 nitrogen and oxygen atoms in total. The van der Waals surface area contributed by atoms with Gasteiger partial charge in [0.25, 0.3) is 0 Å². The molecule has 20 heavy (non-hydrogen) atoms. The van der Waals surface area contributed by atoms with Crippen LogP contribution in [0.5, 0.6) is 11.5 Å². The first-order valence-electron chi connectivity index (χ1n) is 5.81. The quantitative estimate of drug-likeness (QED) is 0.517. The molecule has 0 aliphatic rings. The van der Waals surface area contributed by atoms with Crippen molar-refractivity contribution in [3.63, 3.8) is 0 Å². The van der Waals surface area contributed by atoms with Gasteiger partial charge in [-0.2, -0.15) is 0 Å². The van der Waals surface area contributed by atoms with Crippen LogP contribution >= 0.6 is 15.9 Å². The second kappa shape index (κ2) is 6.91. The van der Waals surface area contributed by atoms with Gasteiger partial charge in [0, 0.05) is 23.5 Å². The molecular formula is C14H13BrN2O3. The Morgan fingerprint density at radius 3 is 2.95 bits per heavy atom. The molecule has 1 heterocycles. The third-order valence-corrected chi connectivity index (χ3v) is 3.15. The highest BCUT2D eigenvalue weighted by atomic mass is 79.9. The van der Waals surface area contributed by atoms with E-state index in [1.54, 1.807) is 31.6 Å². The molecule has 104 valence electrons. The predicted octanol–water partition coefficient (Wildman–Crippen LogP) is 3.24. The maximum atomic E-state index is 8.57. The molecule has 1 aromatic carbocycles. The maximum Gasteiger partial charge on any atom is 0.175 e. The number of nitrogens with zero attached hydrogens (tertiary/aromatic N) is 2. The maximum absolute atomic E-state index is 8.57. The lowest BCUT2D eigenvalue weighted by Crippen LogP contribution is -2.00. The number of halogens is 1. The van der Waals surface area contributed by atoms with E-state index in [9.17, 15) is 0 Å². The smallest absolute Gasteiger partial charge is 0.175 e. The van der Waals surface area contributed by atoms with Gasteiger partial charge in [0.05, 0.1) is 17.8 Å². The number of pyridine rings is 1. The fourth-order valence-electron chi connectivity index (χ4n) is 1.66. The van der Waals surface area contributed by atoms with Crippen LogP contribution in [0.3, 0.4) is 0 Å². The summed E-state index contributed by atoms with van der Waals surface area (Å²) in [5.74, 6) is 1.14. The molecule has 0 bridgehead atoms. The Labute approximate surface area is 125 Å². The second-order valence-corrected chi connectivity index (χ2v) is 4.78. The molecule has 2 aromatic rings. The molecule has 0 saturated heterocycles. The highest BCUT2D eigenvalue weighted by Crippen LogP contribution is 2.36. The fourth-order valence-corrected chi connectivity index (χ4v) is 2.23. The number of benzene rings is 1. The SMILES string of the molecule is COc1cc(/C=N/O)cc(Br)c1OCc1cccnc1. The summed E-state index contributed by atoms with van der Waals surface area (Å²) in [5, 5.41) is 11.6. The molecule has 0 radical (unpaired) electrons. The average Bonchev–Trinajstić information content (AvgIpc) is 2.47. The zero-order chi connectivity index (χ0) is 14.4. The van der Waals surface area contributed by atoms with Gasteiger partial charge in [0.1, 0.15) is 6.61 Å². The molecular weight excluding hydrogens is 324 g/mol. The van der Waals surface area contributed by atoms with E-state index in [1.165, 1.54) is 6.21 Å². The minimum Gasteiger partial charge on any atom is -0.493 e. The molecule has 1 N–H and O–H groups in total. The van der Waals surface area contributed by atoms with Gasteiger partial charge in [0.15, 0.2) is 11.5 Å². The molecule has 0 atom stereocenters. The van der Waals surface area contributed by atoms with Gasteiger partial charge in [0.2, 0.25) is 0 Å². The minimum absolute atomic E-state index is 0.385. The van der Waals surface area contributed by atoms with Crippen LogP contribution in [0.2, 0.25) is 0 Å². The first kappa shape index (κ1) is 14.3. The molecule has 0 spiro atoms. The predicted molar refractivity (Wildman–Crippen MR) is 78.6 cm³/mol. The number of hydrogen-bond donors (Lipinski definition) is 1. The molecule has 0 fully saturated rings. The van der Waals surface area contributed by atoms with Gasteiger partial charge in [-0.05, 0) is 34.1 Å². The summed E-state index contributed by atoms with van der Waals surface area (Å²) in [7, 11) is 1.55. The summed E-state index contributed by atoms with van der Waals surface area (Å²) in [6, 6.07) is 7.29. The van der Waals surface area contributed by atoms with Crippen LogP contribution in [0.4, 0.5) is 0 Å². The zero-order valence-corrected chi connectivity index (χ0v) is 12.4. The van der Waals surface area contributed by atoms with Crippen LogP contribution in [-0.2, 0) is 6.61 Å². The van der Waals surface area contributed by atoms with E-state index in [-0.39, 0.29) is 0 Å². The second-order valence-electron chi connectivity index (χ2n) is 3.93. The number of ether oxygens (including phenoxy) is 2. The fraction of sp³-hybridized carbons (Fsp3) is 0.143. The van der Waals surface area contributed by atoms with Gasteiger partial charge in [-0.15, -0.1) is 0 Å². The van der Waals surface area contributed by atoms with Crippen molar-refractivity contribution in [2.75, 3.05) is 7.11 Å². The number of aromatic nitrogens is 1. The van der Waals surface area contributed by atoms with E-state index in [1.807, 2.05) is 12.1 Å². The summed E-state index contributed by atoms with van der Waals surface area (Å²) in [4.78, 5) is 4.03. The molecule has 0 saturated carbocycles. The highest BCUT2D eigenvalue weighted by molar-refractivity contribution is 9.10. The Morgan fingerprint density at radius 1 is 1.45 bits per heavy atom. The summed E-state index contributed by atoms with van der Waals surface area (Å²) in [5.41, 5.74) is 1.66. The standard InChI is InChI=1S/C14H13BrN2O3/c1-19-13-6-11(8-17-18)5-12(15)14(13)20-9-10-3-2-4-16-7-10/h2-8,18H,9H2,1H3/b17-8+. The highest BCUT2D eigenvalue weighted by Gasteiger charge is 2.11. The Bertz CT molecular complexity index is 603. The summed E-state index contributed by atoms with van der Waals surface area (Å²) >= 11 is 3.42. The third-order valence-electron chi connectivity index (χ3n) is 2.56. The largest absolute Gasteiger partial charge is 0.493 e. The van der Waals surface area contributed by atoms with Crippen LogP contribution in [0.15, 0.2) is 46.3 Å². The molecule has 6 heteroatoms. The summed E-state index contributed by atoms with van der Waals surface area (Å²) < 4.78 is 11.8. The average molecular weight is 337 g/mol. The summed E-state index contributed by atoms with van der Waals surface area (Å²) in [6.07, 6.45) is 4.77. The molecule has 1 aromatic heterocycles. The first-order valence-corrected chi connectivity index (χ1v) is 6.60. The van der Waals surface area contributed by atoms with Crippen molar-refractivity contribution in [1.82, 2.24) is 4.98 Å². The van der Waals surface area contributed by atoms with Crippen LogP contribution in [0.25, 0.3) is 0 Å². The number of oxime groups is 1. The minimum atomic E-state index is 0.385. The van der Waals surface area contributed by atoms with E-state index >= 15 is 0 Å². The van der Waals surface area contributed by atoms with Crippen molar-refractivity contribution in [3.8, 4) is 11.5 Å². The molecule has 0 amide bonds. The van der Waals surface area contributed by atoms with E-state index in [2.05, 4.69) is 26.1 Å². The van der Waals surface area contributed by atoms with E-state index in [4.69, 9.17) is 14.7 Å². The van der Waals surface area contributed by atoms with Gasteiger partial charge >= 0.3 is 0 Å². The van der Waals surface area contributed by atoms with Crippen molar-refractivity contribution in [1.29, 1.82) is 0 Å². The first-order chi connectivity index (χ1) is 9.74. The lowest BCUT2D eigenvalue weighted by molar-refractivity contribution is 0.282. The van der Waals surface area contributed by atoms with Gasteiger partial charge in [-0.25, -0.2) is 0 Å². The number of methoxy groups -OCH3 is 1. The van der Waals surface area contributed by atoms with Crippen molar-refractivity contribution in [3.05, 3.63) is 52.3 Å². The van der Waals surface area contributed by atoms with E-state index in [0.29, 0.717) is 23.7 Å². The molecule has 0 unspecified atom stereocenters. The molecule has 2 rings (SSSR count). The monoisotopic (exact) mass is 336 g/mol. The Hall–Kier alpha value is -2.08. The lowest BCUT2D eigenvalue weighted by Gasteiger charge is -2.13. The Balaban J connectivity index is 2.22. The van der Waals surface area contributed by atoms with Crippen LogP contribution in [0, 0.1) is 0 Å². The van der Waals surface area contributed by atoms with Gasteiger partial charge in [-0.1, -0.05) is 11.2 Å². The van der Waals surface area contributed by atoms with Crippen LogP contribution in [0.1, 0.15) is 11.1 Å². The van der Waals surface area contributed by atoms with Crippen LogP contribution < -0.4 is 9.47 Å². The van der Waals surface area contributed by atoms with Gasteiger partial charge < -0.3 is 14.7 Å². The molecule has 0 aliphatic heterocycles. The van der Waals surface area contributed by atoms with E-state index < -0.39 is 0 Å². The lowest BCUT2D eigenvalue weighted by atomic mass is 10.2. The number of hydrogen-bond acceptors (Lipinski definition) is 5. The Kier molecular flexibility index (Phi) is 4.95.